The topological polar surface area (TPSA) is 88.1 Å². The number of hydrogen-bond donors (Lipinski definition) is 0. The normalized spacial score (nSPS) is 11.0. The van der Waals surface area contributed by atoms with Crippen LogP contribution in [0.3, 0.4) is 0 Å². The van der Waals surface area contributed by atoms with Crippen LogP contribution in [0.4, 0.5) is 0 Å². The van der Waals surface area contributed by atoms with Crippen LogP contribution in [0, 0.1) is 0 Å². The molecule has 0 unspecified atom stereocenters. The molecule has 0 aliphatic rings. The van der Waals surface area contributed by atoms with E-state index in [4.69, 9.17) is 18.9 Å². The van der Waals surface area contributed by atoms with Crippen LogP contribution in [-0.4, -0.2) is 41.7 Å². The van der Waals surface area contributed by atoms with E-state index in [0.717, 1.165) is 6.26 Å². The Morgan fingerprint density at radius 1 is 0.960 bits per heavy atom. The Hall–Kier alpha value is -2.58. The molecule has 2 rings (SSSR count). The molecule has 0 spiro atoms. The molecule has 0 aromatic heterocycles. The third-order valence-corrected chi connectivity index (χ3v) is 4.26. The summed E-state index contributed by atoms with van der Waals surface area (Å²) in [6.45, 7) is 0.00707. The van der Waals surface area contributed by atoms with Gasteiger partial charge in [0.05, 0.1) is 17.6 Å². The SMILES string of the molecule is COCOc1cc(Oc2ccc(S(C)(=O)=O)cc2)cc(C(=O)OC)c1. The zero-order chi connectivity index (χ0) is 18.4. The minimum Gasteiger partial charge on any atom is -0.467 e. The summed E-state index contributed by atoms with van der Waals surface area (Å²) < 4.78 is 43.5. The van der Waals surface area contributed by atoms with Gasteiger partial charge in [0.15, 0.2) is 16.6 Å². The molecule has 0 N–H and O–H groups in total. The number of rotatable bonds is 7. The number of hydrogen-bond acceptors (Lipinski definition) is 7. The molecule has 0 amide bonds. The second kappa shape index (κ2) is 8.00. The Morgan fingerprint density at radius 2 is 1.60 bits per heavy atom. The van der Waals surface area contributed by atoms with Crippen LogP contribution < -0.4 is 9.47 Å². The highest BCUT2D eigenvalue weighted by molar-refractivity contribution is 7.90. The Kier molecular flexibility index (Phi) is 6.00. The van der Waals surface area contributed by atoms with Gasteiger partial charge < -0.3 is 18.9 Å². The standard InChI is InChI=1S/C17H18O7S/c1-21-11-23-14-8-12(17(18)22-2)9-15(10-14)24-13-4-6-16(7-5-13)25(3,19)20/h4-10H,11H2,1-3H3. The van der Waals surface area contributed by atoms with E-state index < -0.39 is 15.8 Å². The maximum atomic E-state index is 11.8. The van der Waals surface area contributed by atoms with Gasteiger partial charge in [-0.2, -0.15) is 0 Å². The van der Waals surface area contributed by atoms with Crippen molar-refractivity contribution in [3.8, 4) is 17.2 Å². The molecular weight excluding hydrogens is 348 g/mol. The lowest BCUT2D eigenvalue weighted by molar-refractivity contribution is 0.0502. The average molecular weight is 366 g/mol. The highest BCUT2D eigenvalue weighted by Crippen LogP contribution is 2.28. The summed E-state index contributed by atoms with van der Waals surface area (Å²) in [5.74, 6) is 0.570. The first-order chi connectivity index (χ1) is 11.8. The van der Waals surface area contributed by atoms with Crippen molar-refractivity contribution in [1.82, 2.24) is 0 Å². The minimum absolute atomic E-state index is 0.00707. The van der Waals surface area contributed by atoms with Crippen molar-refractivity contribution < 1.29 is 32.2 Å². The number of esters is 1. The van der Waals surface area contributed by atoms with E-state index in [9.17, 15) is 13.2 Å². The summed E-state index contributed by atoms with van der Waals surface area (Å²) in [5, 5.41) is 0. The first-order valence-corrected chi connectivity index (χ1v) is 9.06. The summed E-state index contributed by atoms with van der Waals surface area (Å²) in [4.78, 5) is 12.0. The predicted molar refractivity (Wildman–Crippen MR) is 89.9 cm³/mol. The van der Waals surface area contributed by atoms with Gasteiger partial charge in [0.25, 0.3) is 0 Å². The summed E-state index contributed by atoms with van der Waals surface area (Å²) in [6, 6.07) is 10.5. The molecule has 0 aliphatic carbocycles. The van der Waals surface area contributed by atoms with Crippen LogP contribution in [0.5, 0.6) is 17.2 Å². The molecule has 0 fully saturated rings. The van der Waals surface area contributed by atoms with E-state index in [1.54, 1.807) is 6.07 Å². The van der Waals surface area contributed by atoms with Gasteiger partial charge >= 0.3 is 5.97 Å². The summed E-state index contributed by atoms with van der Waals surface area (Å²) in [6.07, 6.45) is 1.13. The molecule has 2 aromatic rings. The van der Waals surface area contributed by atoms with Gasteiger partial charge in [-0.3, -0.25) is 0 Å². The van der Waals surface area contributed by atoms with Gasteiger partial charge in [-0.05, 0) is 36.4 Å². The van der Waals surface area contributed by atoms with E-state index in [-0.39, 0.29) is 17.3 Å². The minimum atomic E-state index is -3.28. The molecule has 7 nitrogen and oxygen atoms in total. The zero-order valence-electron chi connectivity index (χ0n) is 14.0. The third-order valence-electron chi connectivity index (χ3n) is 3.13. The van der Waals surface area contributed by atoms with Crippen molar-refractivity contribution in [2.24, 2.45) is 0 Å². The molecule has 0 aliphatic heterocycles. The molecule has 0 atom stereocenters. The highest BCUT2D eigenvalue weighted by atomic mass is 32.2. The number of methoxy groups -OCH3 is 2. The second-order valence-electron chi connectivity index (χ2n) is 5.08. The molecule has 0 heterocycles. The molecule has 0 radical (unpaired) electrons. The van der Waals surface area contributed by atoms with E-state index in [2.05, 4.69) is 0 Å². The molecular formula is C17H18O7S. The second-order valence-corrected chi connectivity index (χ2v) is 7.10. The van der Waals surface area contributed by atoms with Crippen LogP contribution in [0.2, 0.25) is 0 Å². The molecule has 25 heavy (non-hydrogen) atoms. The van der Waals surface area contributed by atoms with Gasteiger partial charge in [0.2, 0.25) is 0 Å². The van der Waals surface area contributed by atoms with Gasteiger partial charge in [-0.25, -0.2) is 13.2 Å². The maximum absolute atomic E-state index is 11.8. The summed E-state index contributed by atoms with van der Waals surface area (Å²) in [5.41, 5.74) is 0.249. The molecule has 0 bridgehead atoms. The van der Waals surface area contributed by atoms with Crippen LogP contribution in [0.1, 0.15) is 10.4 Å². The quantitative estimate of drug-likeness (QED) is 0.550. The largest absolute Gasteiger partial charge is 0.467 e. The van der Waals surface area contributed by atoms with E-state index in [1.807, 2.05) is 0 Å². The van der Waals surface area contributed by atoms with Crippen molar-refractivity contribution >= 4 is 15.8 Å². The molecule has 2 aromatic carbocycles. The lowest BCUT2D eigenvalue weighted by Gasteiger charge is -2.11. The van der Waals surface area contributed by atoms with Crippen LogP contribution >= 0.6 is 0 Å². The fraction of sp³-hybridized carbons (Fsp3) is 0.235. The van der Waals surface area contributed by atoms with Gasteiger partial charge in [0.1, 0.15) is 17.2 Å². The van der Waals surface area contributed by atoms with Crippen LogP contribution in [0.25, 0.3) is 0 Å². The smallest absolute Gasteiger partial charge is 0.338 e. The van der Waals surface area contributed by atoms with Crippen LogP contribution in [-0.2, 0) is 19.3 Å². The zero-order valence-corrected chi connectivity index (χ0v) is 14.8. The predicted octanol–water partition coefficient (Wildman–Crippen LogP) is 2.65. The highest BCUT2D eigenvalue weighted by Gasteiger charge is 2.12. The van der Waals surface area contributed by atoms with E-state index in [1.165, 1.54) is 50.6 Å². The summed E-state index contributed by atoms with van der Waals surface area (Å²) >= 11 is 0. The lowest BCUT2D eigenvalue weighted by atomic mass is 10.2. The average Bonchev–Trinajstić information content (AvgIpc) is 2.58. The molecule has 8 heteroatoms. The van der Waals surface area contributed by atoms with E-state index in [0.29, 0.717) is 17.2 Å². The lowest BCUT2D eigenvalue weighted by Crippen LogP contribution is -2.04. The Labute approximate surface area is 146 Å². The Morgan fingerprint density at radius 3 is 2.16 bits per heavy atom. The fourth-order valence-electron chi connectivity index (χ4n) is 1.97. The third kappa shape index (κ3) is 5.20. The molecule has 134 valence electrons. The van der Waals surface area contributed by atoms with Gasteiger partial charge in [0, 0.05) is 19.4 Å². The van der Waals surface area contributed by atoms with Crippen molar-refractivity contribution in [3.05, 3.63) is 48.0 Å². The Balaban J connectivity index is 2.29. The number of carbonyl (C=O) groups is 1. The monoisotopic (exact) mass is 366 g/mol. The number of sulfone groups is 1. The van der Waals surface area contributed by atoms with Crippen molar-refractivity contribution in [1.29, 1.82) is 0 Å². The van der Waals surface area contributed by atoms with Crippen molar-refractivity contribution in [2.75, 3.05) is 27.3 Å². The number of ether oxygens (including phenoxy) is 4. The van der Waals surface area contributed by atoms with Crippen molar-refractivity contribution in [3.63, 3.8) is 0 Å². The number of carbonyl (C=O) groups excluding carboxylic acids is 1. The van der Waals surface area contributed by atoms with Gasteiger partial charge in [-0.1, -0.05) is 0 Å². The number of benzene rings is 2. The molecule has 0 saturated heterocycles. The molecule has 0 saturated carbocycles. The van der Waals surface area contributed by atoms with Crippen molar-refractivity contribution in [2.45, 2.75) is 4.90 Å². The first kappa shape index (κ1) is 18.8. The first-order valence-electron chi connectivity index (χ1n) is 7.16. The Bertz CT molecular complexity index is 842. The van der Waals surface area contributed by atoms with Crippen LogP contribution in [0.15, 0.2) is 47.4 Å². The summed E-state index contributed by atoms with van der Waals surface area (Å²) in [7, 11) is -0.531. The fourth-order valence-corrected chi connectivity index (χ4v) is 2.60. The van der Waals surface area contributed by atoms with E-state index >= 15 is 0 Å². The maximum Gasteiger partial charge on any atom is 0.338 e. The van der Waals surface area contributed by atoms with Gasteiger partial charge in [-0.15, -0.1) is 0 Å².